The second kappa shape index (κ2) is 6.97. The van der Waals surface area contributed by atoms with Crippen LogP contribution in [0.25, 0.3) is 0 Å². The summed E-state index contributed by atoms with van der Waals surface area (Å²) in [5.74, 6) is 0.288. The third-order valence-electron chi connectivity index (χ3n) is 4.89. The highest BCUT2D eigenvalue weighted by Crippen LogP contribution is 2.47. The highest BCUT2D eigenvalue weighted by atomic mass is 32.3. The zero-order valence-corrected chi connectivity index (χ0v) is 15.8. The van der Waals surface area contributed by atoms with Crippen LogP contribution in [0.15, 0.2) is 47.1 Å². The number of ether oxygens (including phenoxy) is 1. The SMILES string of the molecule is NC1=NS(O)(O)Nc2cccc(OCC3(NC(=O)c4ccncc4)CCC3)c21. The number of amidine groups is 1. The number of nitrogens with one attached hydrogen (secondary N) is 2. The van der Waals surface area contributed by atoms with E-state index in [9.17, 15) is 13.9 Å². The third-order valence-corrected chi connectivity index (χ3v) is 5.84. The number of carbonyl (C=O) groups is 1. The molecule has 1 saturated carbocycles. The summed E-state index contributed by atoms with van der Waals surface area (Å²) in [7, 11) is -3.35. The predicted octanol–water partition coefficient (Wildman–Crippen LogP) is 2.52. The van der Waals surface area contributed by atoms with Gasteiger partial charge in [0.1, 0.15) is 12.4 Å². The highest BCUT2D eigenvalue weighted by Gasteiger charge is 2.40. The number of carbonyl (C=O) groups excluding carboxylic acids is 1. The lowest BCUT2D eigenvalue weighted by atomic mass is 9.77. The van der Waals surface area contributed by atoms with E-state index in [0.717, 1.165) is 19.3 Å². The van der Waals surface area contributed by atoms with Gasteiger partial charge < -0.3 is 15.8 Å². The number of pyridine rings is 1. The fraction of sp³-hybridized carbons (Fsp3) is 0.278. The minimum Gasteiger partial charge on any atom is -0.490 e. The van der Waals surface area contributed by atoms with Crippen LogP contribution in [-0.2, 0) is 0 Å². The molecule has 0 saturated heterocycles. The van der Waals surface area contributed by atoms with E-state index in [-0.39, 0.29) is 18.3 Å². The molecule has 1 amide bonds. The Bertz CT molecular complexity index is 931. The molecule has 10 heteroatoms. The van der Waals surface area contributed by atoms with E-state index in [1.807, 2.05) is 0 Å². The van der Waals surface area contributed by atoms with E-state index >= 15 is 0 Å². The molecule has 2 aliphatic rings. The number of aromatic nitrogens is 1. The van der Waals surface area contributed by atoms with Crippen LogP contribution in [0.1, 0.15) is 35.2 Å². The lowest BCUT2D eigenvalue weighted by molar-refractivity contribution is 0.0691. The topological polar surface area (TPSA) is 142 Å². The number of nitrogens with two attached hydrogens (primary N) is 1. The minimum absolute atomic E-state index is 0.00664. The lowest BCUT2D eigenvalue weighted by Crippen LogP contribution is -2.57. The van der Waals surface area contributed by atoms with Gasteiger partial charge in [0, 0.05) is 18.0 Å². The van der Waals surface area contributed by atoms with Gasteiger partial charge in [-0.1, -0.05) is 6.07 Å². The van der Waals surface area contributed by atoms with E-state index in [2.05, 4.69) is 19.4 Å². The highest BCUT2D eigenvalue weighted by molar-refractivity contribution is 8.24. The molecule has 1 fully saturated rings. The van der Waals surface area contributed by atoms with E-state index in [1.165, 1.54) is 0 Å². The van der Waals surface area contributed by atoms with E-state index in [4.69, 9.17) is 10.5 Å². The summed E-state index contributed by atoms with van der Waals surface area (Å²) in [4.78, 5) is 16.4. The number of rotatable bonds is 5. The molecule has 6 N–H and O–H groups in total. The number of nitrogens with zero attached hydrogens (tertiary/aromatic N) is 2. The average Bonchev–Trinajstić information content (AvgIpc) is 2.63. The molecule has 28 heavy (non-hydrogen) atoms. The van der Waals surface area contributed by atoms with Crippen LogP contribution in [0.4, 0.5) is 5.69 Å². The molecular formula is C18H21N5O4S. The molecule has 0 unspecified atom stereocenters. The average molecular weight is 403 g/mol. The van der Waals surface area contributed by atoms with Gasteiger partial charge in [-0.25, -0.2) is 0 Å². The molecule has 0 atom stereocenters. The molecule has 2 aromatic rings. The Morgan fingerprint density at radius 1 is 1.29 bits per heavy atom. The number of anilines is 1. The van der Waals surface area contributed by atoms with Crippen LogP contribution in [0, 0.1) is 0 Å². The van der Waals surface area contributed by atoms with Crippen molar-refractivity contribution in [2.45, 2.75) is 24.8 Å². The largest absolute Gasteiger partial charge is 0.490 e. The van der Waals surface area contributed by atoms with Gasteiger partial charge in [-0.3, -0.25) is 23.6 Å². The van der Waals surface area contributed by atoms with Crippen LogP contribution in [0.2, 0.25) is 0 Å². The lowest BCUT2D eigenvalue weighted by Gasteiger charge is -2.42. The van der Waals surface area contributed by atoms with Crippen molar-refractivity contribution in [3.63, 3.8) is 0 Å². The first-order chi connectivity index (χ1) is 13.4. The zero-order valence-electron chi connectivity index (χ0n) is 15.0. The standard InChI is InChI=1S/C18H21N5O4S/c19-16-15-13(22-28(25,26)23-16)3-1-4-14(15)27-11-18(7-2-8-18)21-17(24)12-5-9-20-10-6-12/h1,3-6,9-10,22,25-26H,2,7-8,11H2,(H2,19,23)(H,21,24). The Morgan fingerprint density at radius 2 is 2.04 bits per heavy atom. The molecule has 1 aliphatic carbocycles. The van der Waals surface area contributed by atoms with Crippen molar-refractivity contribution in [1.29, 1.82) is 0 Å². The summed E-state index contributed by atoms with van der Waals surface area (Å²) in [5.41, 5.74) is 6.92. The number of fused-ring (bicyclic) bond motifs is 1. The normalized spacial score (nSPS) is 19.9. The minimum atomic E-state index is -3.35. The van der Waals surface area contributed by atoms with Crippen molar-refractivity contribution < 1.29 is 18.6 Å². The Balaban J connectivity index is 1.51. The Morgan fingerprint density at radius 3 is 2.71 bits per heavy atom. The number of hydrogen-bond acceptors (Lipinski definition) is 8. The van der Waals surface area contributed by atoms with Crippen LogP contribution >= 0.6 is 11.0 Å². The fourth-order valence-corrected chi connectivity index (χ4v) is 4.17. The summed E-state index contributed by atoms with van der Waals surface area (Å²) >= 11 is 0. The molecule has 148 valence electrons. The predicted molar refractivity (Wildman–Crippen MR) is 107 cm³/mol. The molecule has 0 bridgehead atoms. The first-order valence-corrected chi connectivity index (χ1v) is 10.3. The van der Waals surface area contributed by atoms with Gasteiger partial charge in [0.2, 0.25) is 0 Å². The second-order valence-electron chi connectivity index (χ2n) is 6.89. The molecule has 1 aliphatic heterocycles. The Hall–Kier alpha value is -2.82. The molecule has 0 radical (unpaired) electrons. The molecule has 9 nitrogen and oxygen atoms in total. The second-order valence-corrected chi connectivity index (χ2v) is 8.31. The van der Waals surface area contributed by atoms with Gasteiger partial charge in [-0.2, -0.15) is 0 Å². The van der Waals surface area contributed by atoms with Crippen molar-refractivity contribution in [3.8, 4) is 5.75 Å². The Kier molecular flexibility index (Phi) is 4.61. The summed E-state index contributed by atoms with van der Waals surface area (Å²) in [6.45, 7) is 0.268. The molecule has 2 heterocycles. The van der Waals surface area contributed by atoms with E-state index in [0.29, 0.717) is 22.6 Å². The maximum absolute atomic E-state index is 12.5. The zero-order chi connectivity index (χ0) is 19.8. The van der Waals surface area contributed by atoms with Gasteiger partial charge in [0.05, 0.1) is 16.8 Å². The monoisotopic (exact) mass is 403 g/mol. The molecular weight excluding hydrogens is 382 g/mol. The van der Waals surface area contributed by atoms with Gasteiger partial charge >= 0.3 is 0 Å². The van der Waals surface area contributed by atoms with Crippen molar-refractivity contribution in [2.75, 3.05) is 11.3 Å². The molecule has 4 rings (SSSR count). The van der Waals surface area contributed by atoms with Crippen molar-refractivity contribution in [3.05, 3.63) is 53.9 Å². The van der Waals surface area contributed by atoms with Crippen molar-refractivity contribution in [1.82, 2.24) is 10.3 Å². The quantitative estimate of drug-likeness (QED) is 0.516. The maximum Gasteiger partial charge on any atom is 0.251 e. The number of hydrogen-bond donors (Lipinski definition) is 5. The van der Waals surface area contributed by atoms with Crippen LogP contribution in [0.3, 0.4) is 0 Å². The van der Waals surface area contributed by atoms with Crippen LogP contribution in [-0.4, -0.2) is 38.0 Å². The summed E-state index contributed by atoms with van der Waals surface area (Å²) in [5, 5.41) is 3.08. The summed E-state index contributed by atoms with van der Waals surface area (Å²) in [6.07, 6.45) is 5.77. The smallest absolute Gasteiger partial charge is 0.251 e. The van der Waals surface area contributed by atoms with Crippen molar-refractivity contribution in [2.24, 2.45) is 10.1 Å². The van der Waals surface area contributed by atoms with Crippen LogP contribution < -0.4 is 20.5 Å². The third kappa shape index (κ3) is 3.61. The summed E-state index contributed by atoms with van der Waals surface area (Å²) in [6, 6.07) is 8.45. The van der Waals surface area contributed by atoms with Gasteiger partial charge in [0.15, 0.2) is 5.84 Å². The number of benzene rings is 1. The van der Waals surface area contributed by atoms with Crippen LogP contribution in [0.5, 0.6) is 5.75 Å². The molecule has 1 aromatic heterocycles. The van der Waals surface area contributed by atoms with Gasteiger partial charge in [-0.05, 0) is 54.5 Å². The van der Waals surface area contributed by atoms with E-state index in [1.54, 1.807) is 42.7 Å². The van der Waals surface area contributed by atoms with E-state index < -0.39 is 16.5 Å². The Labute approximate surface area is 163 Å². The molecule has 0 spiro atoms. The first kappa shape index (κ1) is 18.5. The van der Waals surface area contributed by atoms with Gasteiger partial charge in [0.25, 0.3) is 5.91 Å². The summed E-state index contributed by atoms with van der Waals surface area (Å²) < 4.78 is 31.8. The van der Waals surface area contributed by atoms with Gasteiger partial charge in [-0.15, -0.1) is 4.40 Å². The maximum atomic E-state index is 12.5. The first-order valence-electron chi connectivity index (χ1n) is 8.78. The fourth-order valence-electron chi connectivity index (χ4n) is 3.29. The van der Waals surface area contributed by atoms with Crippen molar-refractivity contribution >= 4 is 28.4 Å². The number of amides is 1. The molecule has 1 aromatic carbocycles.